The van der Waals surface area contributed by atoms with Crippen molar-refractivity contribution in [1.82, 2.24) is 15.0 Å². The Balaban J connectivity index is 1.66. The van der Waals surface area contributed by atoms with Crippen LogP contribution in [-0.4, -0.2) is 33.6 Å². The highest BCUT2D eigenvalue weighted by Crippen LogP contribution is 2.26. The zero-order valence-electron chi connectivity index (χ0n) is 17.3. The molecule has 0 aliphatic rings. The molecule has 162 valence electrons. The first-order valence-electron chi connectivity index (χ1n) is 9.29. The molecule has 31 heavy (non-hydrogen) atoms. The van der Waals surface area contributed by atoms with Crippen LogP contribution >= 0.6 is 11.6 Å². The van der Waals surface area contributed by atoms with Gasteiger partial charge in [0, 0.05) is 5.02 Å². The maximum atomic E-state index is 12.5. The molecule has 3 N–H and O–H groups in total. The zero-order chi connectivity index (χ0) is 22.4. The molecule has 0 fully saturated rings. The number of rotatable bonds is 8. The van der Waals surface area contributed by atoms with E-state index in [0.717, 1.165) is 0 Å². The topological polar surface area (TPSA) is 121 Å². The van der Waals surface area contributed by atoms with E-state index in [-0.39, 0.29) is 24.3 Å². The number of halogens is 1. The molecule has 3 aromatic rings. The smallest absolute Gasteiger partial charge is 0.350 e. The Morgan fingerprint density at radius 3 is 2.52 bits per heavy atom. The molecule has 0 atom stereocenters. The van der Waals surface area contributed by atoms with Gasteiger partial charge in [-0.15, -0.1) is 0 Å². The number of carbonyl (C=O) groups is 1. The summed E-state index contributed by atoms with van der Waals surface area (Å²) in [6.45, 7) is 2.99. The molecule has 0 unspecified atom stereocenters. The van der Waals surface area contributed by atoms with Crippen LogP contribution in [0.2, 0.25) is 5.02 Å². The highest BCUT2D eigenvalue weighted by atomic mass is 35.5. The fraction of sp³-hybridized carbons (Fsp3) is 0.238. The summed E-state index contributed by atoms with van der Waals surface area (Å²) in [5, 5.41) is 3.58. The largest absolute Gasteiger partial charge is 0.495 e. The average molecular weight is 444 g/mol. The average Bonchev–Trinajstić information content (AvgIpc) is 2.73. The van der Waals surface area contributed by atoms with Crippen LogP contribution in [0.3, 0.4) is 0 Å². The van der Waals surface area contributed by atoms with Crippen molar-refractivity contribution < 1.29 is 19.0 Å². The summed E-state index contributed by atoms with van der Waals surface area (Å²) in [5.74, 6) is 0.852. The minimum absolute atomic E-state index is 0.0184. The third-order valence-corrected chi connectivity index (χ3v) is 4.32. The lowest BCUT2D eigenvalue weighted by atomic mass is 10.1. The number of carbonyl (C=O) groups excluding carboxylic acids is 1. The Bertz CT molecular complexity index is 1060. The van der Waals surface area contributed by atoms with Gasteiger partial charge in [-0.3, -0.25) is 0 Å². The molecule has 0 amide bonds. The van der Waals surface area contributed by atoms with Gasteiger partial charge >= 0.3 is 5.97 Å². The first-order chi connectivity index (χ1) is 14.8. The van der Waals surface area contributed by atoms with Crippen LogP contribution in [-0.2, 0) is 16.1 Å². The van der Waals surface area contributed by atoms with E-state index in [1.54, 1.807) is 57.4 Å². The van der Waals surface area contributed by atoms with Crippen molar-refractivity contribution in [3.63, 3.8) is 0 Å². The molecule has 0 spiro atoms. The number of benzene rings is 2. The van der Waals surface area contributed by atoms with Gasteiger partial charge in [-0.2, -0.15) is 15.0 Å². The molecule has 0 saturated carbocycles. The quantitative estimate of drug-likeness (QED) is 0.501. The van der Waals surface area contributed by atoms with Gasteiger partial charge in [-0.1, -0.05) is 23.7 Å². The van der Waals surface area contributed by atoms with Gasteiger partial charge in [0.15, 0.2) is 18.0 Å². The second-order valence-electron chi connectivity index (χ2n) is 6.90. The maximum Gasteiger partial charge on any atom is 0.350 e. The van der Waals surface area contributed by atoms with E-state index in [0.29, 0.717) is 22.2 Å². The molecule has 1 aromatic heterocycles. The van der Waals surface area contributed by atoms with Gasteiger partial charge in [0.25, 0.3) is 0 Å². The fourth-order valence-corrected chi connectivity index (χ4v) is 2.70. The highest BCUT2D eigenvalue weighted by Gasteiger charge is 2.32. The first kappa shape index (κ1) is 22.1. The highest BCUT2D eigenvalue weighted by molar-refractivity contribution is 6.30. The van der Waals surface area contributed by atoms with E-state index in [2.05, 4.69) is 20.3 Å². The summed E-state index contributed by atoms with van der Waals surface area (Å²) in [6, 6.07) is 13.9. The molecule has 0 radical (unpaired) electrons. The second kappa shape index (κ2) is 9.48. The molecular formula is C21H22ClN5O4. The first-order valence-corrected chi connectivity index (χ1v) is 9.67. The number of hydrogen-bond acceptors (Lipinski definition) is 9. The number of anilines is 3. The lowest BCUT2D eigenvalue weighted by Crippen LogP contribution is -2.39. The van der Waals surface area contributed by atoms with Gasteiger partial charge in [0.1, 0.15) is 11.5 Å². The molecule has 10 heteroatoms. The summed E-state index contributed by atoms with van der Waals surface area (Å²) < 4.78 is 16.4. The van der Waals surface area contributed by atoms with Gasteiger partial charge in [-0.25, -0.2) is 4.79 Å². The molecule has 2 aromatic carbocycles. The van der Waals surface area contributed by atoms with Crippen LogP contribution in [0.15, 0.2) is 48.5 Å². The lowest BCUT2D eigenvalue weighted by Gasteiger charge is -2.24. The number of hydrogen-bond donors (Lipinski definition) is 2. The van der Waals surface area contributed by atoms with Crippen molar-refractivity contribution >= 4 is 35.2 Å². The molecule has 1 heterocycles. The molecule has 0 aliphatic heterocycles. The number of nitrogens with one attached hydrogen (secondary N) is 1. The van der Waals surface area contributed by atoms with E-state index < -0.39 is 11.6 Å². The third-order valence-electron chi connectivity index (χ3n) is 4.06. The van der Waals surface area contributed by atoms with Crippen molar-refractivity contribution in [2.24, 2.45) is 0 Å². The molecule has 9 nitrogen and oxygen atoms in total. The van der Waals surface area contributed by atoms with E-state index >= 15 is 0 Å². The monoisotopic (exact) mass is 443 g/mol. The van der Waals surface area contributed by atoms with Gasteiger partial charge < -0.3 is 25.3 Å². The van der Waals surface area contributed by atoms with Crippen LogP contribution in [0, 0.1) is 0 Å². The molecule has 3 rings (SSSR count). The van der Waals surface area contributed by atoms with E-state index in [9.17, 15) is 4.79 Å². The number of ether oxygens (including phenoxy) is 3. The number of nitrogens with zero attached hydrogens (tertiary/aromatic N) is 3. The van der Waals surface area contributed by atoms with Crippen molar-refractivity contribution in [2.75, 3.05) is 18.2 Å². The number of nitrogen functional groups attached to an aromatic ring is 1. The van der Waals surface area contributed by atoms with Crippen LogP contribution in [0.25, 0.3) is 0 Å². The summed E-state index contributed by atoms with van der Waals surface area (Å²) in [4.78, 5) is 24.9. The van der Waals surface area contributed by atoms with Crippen LogP contribution in [0.5, 0.6) is 11.5 Å². The Morgan fingerprint density at radius 1 is 1.10 bits per heavy atom. The second-order valence-corrected chi connectivity index (χ2v) is 7.34. The van der Waals surface area contributed by atoms with Crippen molar-refractivity contribution in [3.8, 4) is 11.5 Å². The summed E-state index contributed by atoms with van der Waals surface area (Å²) >= 11 is 5.87. The van der Waals surface area contributed by atoms with Gasteiger partial charge in [-0.05, 0) is 50.2 Å². The van der Waals surface area contributed by atoms with Crippen molar-refractivity contribution in [3.05, 3.63) is 59.4 Å². The summed E-state index contributed by atoms with van der Waals surface area (Å²) in [6.07, 6.45) is 0. The predicted octanol–water partition coefficient (Wildman–Crippen LogP) is 3.76. The number of para-hydroxylation sites is 2. The summed E-state index contributed by atoms with van der Waals surface area (Å²) in [5.41, 5.74) is 5.18. The van der Waals surface area contributed by atoms with E-state index in [1.807, 2.05) is 12.1 Å². The number of methoxy groups -OCH3 is 1. The third kappa shape index (κ3) is 5.95. The van der Waals surface area contributed by atoms with Crippen LogP contribution in [0.1, 0.15) is 19.7 Å². The number of aromatic nitrogens is 3. The maximum absolute atomic E-state index is 12.5. The standard InChI is InChI=1S/C21H22ClN5O4/c1-21(2,31-14-10-8-13(22)9-11-14)18(28)30-12-17-25-19(23)27-20(26-17)24-15-6-4-5-7-16(15)29-3/h4-11H,12H2,1-3H3,(H3,23,24,25,26,27). The van der Waals surface area contributed by atoms with Crippen molar-refractivity contribution in [1.29, 1.82) is 0 Å². The van der Waals surface area contributed by atoms with Gasteiger partial charge in [0.2, 0.25) is 11.9 Å². The number of nitrogens with two attached hydrogens (primary N) is 1. The van der Waals surface area contributed by atoms with Crippen LogP contribution in [0.4, 0.5) is 17.6 Å². The molecular weight excluding hydrogens is 422 g/mol. The Labute approximate surface area is 184 Å². The Kier molecular flexibility index (Phi) is 6.76. The molecule has 0 aliphatic carbocycles. The van der Waals surface area contributed by atoms with E-state index in [1.165, 1.54) is 0 Å². The number of esters is 1. The summed E-state index contributed by atoms with van der Waals surface area (Å²) in [7, 11) is 1.56. The minimum Gasteiger partial charge on any atom is -0.495 e. The fourth-order valence-electron chi connectivity index (χ4n) is 2.57. The van der Waals surface area contributed by atoms with Crippen LogP contribution < -0.4 is 20.5 Å². The molecule has 0 bridgehead atoms. The molecule has 0 saturated heterocycles. The zero-order valence-corrected chi connectivity index (χ0v) is 18.0. The lowest BCUT2D eigenvalue weighted by molar-refractivity contribution is -0.161. The minimum atomic E-state index is -1.25. The SMILES string of the molecule is COc1ccccc1Nc1nc(N)nc(COC(=O)C(C)(C)Oc2ccc(Cl)cc2)n1. The van der Waals surface area contributed by atoms with E-state index in [4.69, 9.17) is 31.5 Å². The predicted molar refractivity (Wildman–Crippen MR) is 116 cm³/mol. The Morgan fingerprint density at radius 2 is 1.81 bits per heavy atom. The Hall–Kier alpha value is -3.59. The van der Waals surface area contributed by atoms with Gasteiger partial charge in [0.05, 0.1) is 12.8 Å². The van der Waals surface area contributed by atoms with Crippen molar-refractivity contribution in [2.45, 2.75) is 26.1 Å². The normalized spacial score (nSPS) is 11.0.